The van der Waals surface area contributed by atoms with Crippen molar-refractivity contribution in [3.05, 3.63) is 57.4 Å². The fourth-order valence-corrected chi connectivity index (χ4v) is 1.90. The molecule has 0 saturated heterocycles. The fourth-order valence-electron chi connectivity index (χ4n) is 1.90. The van der Waals surface area contributed by atoms with E-state index in [2.05, 4.69) is 0 Å². The Bertz CT molecular complexity index is 663. The van der Waals surface area contributed by atoms with Crippen LogP contribution in [0.3, 0.4) is 0 Å². The molecule has 0 bridgehead atoms. The molecule has 2 aromatic rings. The number of hydrogen-bond acceptors (Lipinski definition) is 4. The summed E-state index contributed by atoms with van der Waals surface area (Å²) in [6, 6.07) is 6.88. The van der Waals surface area contributed by atoms with Gasteiger partial charge in [-0.05, 0) is 37.1 Å². The van der Waals surface area contributed by atoms with Crippen LogP contribution in [-0.4, -0.2) is 4.92 Å². The molecular formula is C14H13FN2O3. The number of aryl methyl sites for hydroxylation is 2. The number of hydrogen-bond donors (Lipinski definition) is 1. The van der Waals surface area contributed by atoms with Crippen molar-refractivity contribution in [2.75, 3.05) is 5.73 Å². The van der Waals surface area contributed by atoms with E-state index in [9.17, 15) is 14.5 Å². The first-order valence-electron chi connectivity index (χ1n) is 5.87. The van der Waals surface area contributed by atoms with Crippen molar-refractivity contribution >= 4 is 11.4 Å². The summed E-state index contributed by atoms with van der Waals surface area (Å²) < 4.78 is 18.7. The molecule has 6 heteroatoms. The lowest BCUT2D eigenvalue weighted by atomic mass is 10.1. The lowest BCUT2D eigenvalue weighted by Gasteiger charge is -2.12. The van der Waals surface area contributed by atoms with E-state index in [-0.39, 0.29) is 11.4 Å². The topological polar surface area (TPSA) is 78.4 Å². The van der Waals surface area contributed by atoms with Crippen LogP contribution in [0.15, 0.2) is 30.3 Å². The van der Waals surface area contributed by atoms with Gasteiger partial charge < -0.3 is 10.5 Å². The molecule has 0 fully saturated rings. The maximum atomic E-state index is 13.1. The number of ether oxygens (including phenoxy) is 1. The highest BCUT2D eigenvalue weighted by Crippen LogP contribution is 2.33. The first kappa shape index (κ1) is 13.8. The van der Waals surface area contributed by atoms with E-state index in [1.807, 2.05) is 0 Å². The zero-order valence-corrected chi connectivity index (χ0v) is 11.0. The molecule has 0 radical (unpaired) electrons. The number of rotatable bonds is 3. The van der Waals surface area contributed by atoms with Gasteiger partial charge in [0.1, 0.15) is 17.3 Å². The predicted molar refractivity (Wildman–Crippen MR) is 73.5 cm³/mol. The Morgan fingerprint density at radius 1 is 1.20 bits per heavy atom. The molecule has 104 valence electrons. The van der Waals surface area contributed by atoms with E-state index in [1.54, 1.807) is 13.8 Å². The summed E-state index contributed by atoms with van der Waals surface area (Å²) in [5.41, 5.74) is 6.71. The largest absolute Gasteiger partial charge is 0.457 e. The van der Waals surface area contributed by atoms with Gasteiger partial charge in [-0.15, -0.1) is 0 Å². The maximum absolute atomic E-state index is 13.1. The zero-order valence-electron chi connectivity index (χ0n) is 11.0. The molecule has 0 saturated carbocycles. The average Bonchev–Trinajstić information content (AvgIpc) is 2.37. The predicted octanol–water partition coefficient (Wildman–Crippen LogP) is 3.73. The molecule has 2 N–H and O–H groups in total. The highest BCUT2D eigenvalue weighted by molar-refractivity contribution is 5.52. The lowest BCUT2D eigenvalue weighted by Crippen LogP contribution is -1.96. The van der Waals surface area contributed by atoms with Crippen molar-refractivity contribution in [3.63, 3.8) is 0 Å². The summed E-state index contributed by atoms with van der Waals surface area (Å²) in [6.45, 7) is 3.42. The van der Waals surface area contributed by atoms with Crippen LogP contribution in [0.4, 0.5) is 15.8 Å². The fraction of sp³-hybridized carbons (Fsp3) is 0.143. The number of nitrogen functional groups attached to an aromatic ring is 1. The van der Waals surface area contributed by atoms with Gasteiger partial charge in [-0.3, -0.25) is 10.1 Å². The monoisotopic (exact) mass is 276 g/mol. The minimum atomic E-state index is -0.519. The number of nitro benzene ring substituents is 1. The molecule has 5 nitrogen and oxygen atoms in total. The van der Waals surface area contributed by atoms with Crippen LogP contribution in [0.25, 0.3) is 0 Å². The van der Waals surface area contributed by atoms with Crippen molar-refractivity contribution in [2.45, 2.75) is 13.8 Å². The van der Waals surface area contributed by atoms with Crippen LogP contribution in [0, 0.1) is 29.8 Å². The minimum absolute atomic E-state index is 0.00553. The van der Waals surface area contributed by atoms with Crippen LogP contribution < -0.4 is 10.5 Å². The highest BCUT2D eigenvalue weighted by Gasteiger charge is 2.14. The van der Waals surface area contributed by atoms with Crippen LogP contribution >= 0.6 is 0 Å². The number of non-ortho nitro benzene ring substituents is 1. The molecule has 0 aromatic heterocycles. The molecule has 0 atom stereocenters. The van der Waals surface area contributed by atoms with E-state index in [4.69, 9.17) is 10.5 Å². The number of halogens is 1. The van der Waals surface area contributed by atoms with E-state index in [1.165, 1.54) is 30.3 Å². The molecule has 2 rings (SSSR count). The lowest BCUT2D eigenvalue weighted by molar-refractivity contribution is -0.385. The normalized spacial score (nSPS) is 10.3. The number of nitrogens with zero attached hydrogens (tertiary/aromatic N) is 1. The second kappa shape index (κ2) is 5.16. The van der Waals surface area contributed by atoms with Gasteiger partial charge in [0.15, 0.2) is 0 Å². The summed E-state index contributed by atoms with van der Waals surface area (Å²) in [7, 11) is 0. The van der Waals surface area contributed by atoms with E-state index < -0.39 is 10.7 Å². The van der Waals surface area contributed by atoms with Crippen molar-refractivity contribution in [3.8, 4) is 11.5 Å². The van der Waals surface area contributed by atoms with Gasteiger partial charge in [0.25, 0.3) is 5.69 Å². The average molecular weight is 276 g/mol. The Balaban J connectivity index is 2.38. The van der Waals surface area contributed by atoms with Gasteiger partial charge in [-0.1, -0.05) is 0 Å². The second-order valence-electron chi connectivity index (χ2n) is 4.45. The zero-order chi connectivity index (χ0) is 14.9. The first-order valence-corrected chi connectivity index (χ1v) is 5.87. The number of nitrogens with two attached hydrogens (primary N) is 1. The van der Waals surface area contributed by atoms with Crippen LogP contribution in [0.5, 0.6) is 11.5 Å². The SMILES string of the molecule is Cc1cc([N+](=O)[O-])cc(C)c1Oc1ccc(F)c(N)c1. The van der Waals surface area contributed by atoms with E-state index >= 15 is 0 Å². The molecule has 0 unspecified atom stereocenters. The van der Waals surface area contributed by atoms with Gasteiger partial charge >= 0.3 is 0 Å². The number of benzene rings is 2. The van der Waals surface area contributed by atoms with E-state index in [0.717, 1.165) is 0 Å². The van der Waals surface area contributed by atoms with Gasteiger partial charge in [0.05, 0.1) is 10.6 Å². The van der Waals surface area contributed by atoms with Gasteiger partial charge in [-0.25, -0.2) is 4.39 Å². The molecule has 0 amide bonds. The quantitative estimate of drug-likeness (QED) is 0.526. The molecule has 0 heterocycles. The summed E-state index contributed by atoms with van der Waals surface area (Å²) in [4.78, 5) is 10.3. The molecule has 20 heavy (non-hydrogen) atoms. The third-order valence-electron chi connectivity index (χ3n) is 2.84. The van der Waals surface area contributed by atoms with Crippen molar-refractivity contribution < 1.29 is 14.1 Å². The molecule has 0 aliphatic rings. The Hall–Kier alpha value is -2.63. The summed E-state index contributed by atoms with van der Waals surface area (Å²) in [5, 5.41) is 10.8. The summed E-state index contributed by atoms with van der Waals surface area (Å²) in [6.07, 6.45) is 0. The van der Waals surface area contributed by atoms with Gasteiger partial charge in [-0.2, -0.15) is 0 Å². The maximum Gasteiger partial charge on any atom is 0.270 e. The number of nitro groups is 1. The Labute approximate surface area is 114 Å². The smallest absolute Gasteiger partial charge is 0.270 e. The van der Waals surface area contributed by atoms with Crippen molar-refractivity contribution in [2.24, 2.45) is 0 Å². The van der Waals surface area contributed by atoms with Crippen LogP contribution in [0.1, 0.15) is 11.1 Å². The Morgan fingerprint density at radius 3 is 2.30 bits per heavy atom. The van der Waals surface area contributed by atoms with E-state index in [0.29, 0.717) is 22.6 Å². The Kier molecular flexibility index (Phi) is 3.56. The van der Waals surface area contributed by atoms with Gasteiger partial charge in [0, 0.05) is 18.2 Å². The molecule has 2 aromatic carbocycles. The highest BCUT2D eigenvalue weighted by atomic mass is 19.1. The summed E-state index contributed by atoms with van der Waals surface area (Å²) >= 11 is 0. The third kappa shape index (κ3) is 2.69. The van der Waals surface area contributed by atoms with Crippen LogP contribution in [-0.2, 0) is 0 Å². The number of anilines is 1. The van der Waals surface area contributed by atoms with Gasteiger partial charge in [0.2, 0.25) is 0 Å². The molecule has 0 spiro atoms. The summed E-state index contributed by atoms with van der Waals surface area (Å²) in [5.74, 6) is 0.361. The molecular weight excluding hydrogens is 263 g/mol. The Morgan fingerprint density at radius 2 is 1.80 bits per heavy atom. The van der Waals surface area contributed by atoms with Crippen LogP contribution in [0.2, 0.25) is 0 Å². The van der Waals surface area contributed by atoms with Crippen molar-refractivity contribution in [1.82, 2.24) is 0 Å². The minimum Gasteiger partial charge on any atom is -0.457 e. The first-order chi connectivity index (χ1) is 9.38. The third-order valence-corrected chi connectivity index (χ3v) is 2.84. The standard InChI is InChI=1S/C14H13FN2O3/c1-8-5-10(17(18)19)6-9(2)14(8)20-11-3-4-12(15)13(16)7-11/h3-7H,16H2,1-2H3. The second-order valence-corrected chi connectivity index (χ2v) is 4.45. The van der Waals surface area contributed by atoms with Crippen molar-refractivity contribution in [1.29, 1.82) is 0 Å². The molecule has 0 aliphatic carbocycles. The molecule has 0 aliphatic heterocycles.